The van der Waals surface area contributed by atoms with Crippen LogP contribution in [0.1, 0.15) is 48.5 Å². The van der Waals surface area contributed by atoms with Gasteiger partial charge in [0.1, 0.15) is 0 Å². The Kier molecular flexibility index (Phi) is 4.43. The first-order valence-corrected chi connectivity index (χ1v) is 7.88. The average Bonchev–Trinajstić information content (AvgIpc) is 2.95. The number of benzene rings is 1. The zero-order valence-electron chi connectivity index (χ0n) is 13.2. The SMILES string of the molecule is Cc1nn([C@@H](C)c2ccc(F)c(F)c2F)cc1C1CCNCC1. The zero-order valence-corrected chi connectivity index (χ0v) is 13.2. The van der Waals surface area contributed by atoms with Crippen LogP contribution in [0.25, 0.3) is 0 Å². The van der Waals surface area contributed by atoms with Gasteiger partial charge in [-0.25, -0.2) is 13.2 Å². The Morgan fingerprint density at radius 3 is 2.57 bits per heavy atom. The predicted octanol–water partition coefficient (Wildman–Crippen LogP) is 3.69. The van der Waals surface area contributed by atoms with Gasteiger partial charge < -0.3 is 5.32 Å². The highest BCUT2D eigenvalue weighted by Gasteiger charge is 2.23. The largest absolute Gasteiger partial charge is 0.317 e. The fourth-order valence-electron chi connectivity index (χ4n) is 3.23. The normalized spacial score (nSPS) is 17.4. The first kappa shape index (κ1) is 16.1. The van der Waals surface area contributed by atoms with E-state index in [4.69, 9.17) is 0 Å². The Bertz CT molecular complexity index is 705. The summed E-state index contributed by atoms with van der Waals surface area (Å²) >= 11 is 0. The summed E-state index contributed by atoms with van der Waals surface area (Å²) in [5.74, 6) is -3.32. The van der Waals surface area contributed by atoms with Gasteiger partial charge in [0.15, 0.2) is 17.5 Å². The second kappa shape index (κ2) is 6.35. The van der Waals surface area contributed by atoms with E-state index < -0.39 is 23.5 Å². The molecule has 1 atom stereocenters. The van der Waals surface area contributed by atoms with Crippen molar-refractivity contribution in [3.63, 3.8) is 0 Å². The van der Waals surface area contributed by atoms with Gasteiger partial charge >= 0.3 is 0 Å². The predicted molar refractivity (Wildman–Crippen MR) is 81.9 cm³/mol. The number of rotatable bonds is 3. The van der Waals surface area contributed by atoms with Gasteiger partial charge in [0.25, 0.3) is 0 Å². The third kappa shape index (κ3) is 3.00. The van der Waals surface area contributed by atoms with Crippen molar-refractivity contribution in [1.82, 2.24) is 15.1 Å². The van der Waals surface area contributed by atoms with Crippen molar-refractivity contribution in [2.45, 2.75) is 38.6 Å². The van der Waals surface area contributed by atoms with E-state index in [2.05, 4.69) is 10.4 Å². The lowest BCUT2D eigenvalue weighted by molar-refractivity contribution is 0.427. The molecule has 0 radical (unpaired) electrons. The van der Waals surface area contributed by atoms with E-state index in [1.807, 2.05) is 13.1 Å². The van der Waals surface area contributed by atoms with Crippen molar-refractivity contribution in [2.75, 3.05) is 13.1 Å². The molecule has 23 heavy (non-hydrogen) atoms. The van der Waals surface area contributed by atoms with Crippen molar-refractivity contribution in [3.8, 4) is 0 Å². The molecule has 1 saturated heterocycles. The molecule has 0 amide bonds. The van der Waals surface area contributed by atoms with Crippen molar-refractivity contribution < 1.29 is 13.2 Å². The highest BCUT2D eigenvalue weighted by atomic mass is 19.2. The Morgan fingerprint density at radius 2 is 1.87 bits per heavy atom. The standard InChI is InChI=1S/C17H20F3N3/c1-10-14(12-5-7-21-8-6-12)9-23(22-10)11(2)13-3-4-15(18)17(20)16(13)19/h3-4,9,11-12,21H,5-8H2,1-2H3/t11-/m0/s1. The van der Waals surface area contributed by atoms with Gasteiger partial charge in [-0.15, -0.1) is 0 Å². The van der Waals surface area contributed by atoms with Crippen LogP contribution in [0.3, 0.4) is 0 Å². The molecule has 3 nitrogen and oxygen atoms in total. The zero-order chi connectivity index (χ0) is 16.6. The number of aromatic nitrogens is 2. The lowest BCUT2D eigenvalue weighted by Crippen LogP contribution is -2.26. The highest BCUT2D eigenvalue weighted by Crippen LogP contribution is 2.30. The molecule has 0 aliphatic carbocycles. The average molecular weight is 323 g/mol. The third-order valence-corrected chi connectivity index (χ3v) is 4.65. The van der Waals surface area contributed by atoms with Crippen LogP contribution in [0.15, 0.2) is 18.3 Å². The molecule has 1 fully saturated rings. The summed E-state index contributed by atoms with van der Waals surface area (Å²) in [7, 11) is 0. The molecule has 0 saturated carbocycles. The van der Waals surface area contributed by atoms with E-state index in [1.165, 1.54) is 6.07 Å². The van der Waals surface area contributed by atoms with E-state index in [0.29, 0.717) is 5.92 Å². The summed E-state index contributed by atoms with van der Waals surface area (Å²) in [4.78, 5) is 0. The van der Waals surface area contributed by atoms with Gasteiger partial charge in [-0.05, 0) is 57.3 Å². The van der Waals surface area contributed by atoms with Gasteiger partial charge in [-0.1, -0.05) is 6.07 Å². The Hall–Kier alpha value is -1.82. The first-order chi connectivity index (χ1) is 11.0. The third-order valence-electron chi connectivity index (χ3n) is 4.65. The van der Waals surface area contributed by atoms with Crippen LogP contribution < -0.4 is 5.32 Å². The number of aryl methyl sites for hydroxylation is 1. The van der Waals surface area contributed by atoms with Crippen molar-refractivity contribution in [3.05, 3.63) is 52.6 Å². The molecule has 1 aromatic carbocycles. The van der Waals surface area contributed by atoms with Crippen molar-refractivity contribution in [2.24, 2.45) is 0 Å². The maximum Gasteiger partial charge on any atom is 0.194 e. The van der Waals surface area contributed by atoms with Crippen LogP contribution >= 0.6 is 0 Å². The van der Waals surface area contributed by atoms with Crippen LogP contribution in [-0.4, -0.2) is 22.9 Å². The van der Waals surface area contributed by atoms with Gasteiger partial charge in [0.2, 0.25) is 0 Å². The van der Waals surface area contributed by atoms with E-state index in [0.717, 1.165) is 43.3 Å². The van der Waals surface area contributed by atoms with Gasteiger partial charge in [0.05, 0.1) is 11.7 Å². The molecule has 1 N–H and O–H groups in total. The Balaban J connectivity index is 1.91. The van der Waals surface area contributed by atoms with Crippen molar-refractivity contribution in [1.29, 1.82) is 0 Å². The van der Waals surface area contributed by atoms with E-state index >= 15 is 0 Å². The molecule has 3 rings (SSSR count). The minimum atomic E-state index is -1.43. The minimum Gasteiger partial charge on any atom is -0.317 e. The topological polar surface area (TPSA) is 29.9 Å². The Morgan fingerprint density at radius 1 is 1.17 bits per heavy atom. The maximum absolute atomic E-state index is 14.0. The summed E-state index contributed by atoms with van der Waals surface area (Å²) in [6.45, 7) is 5.61. The minimum absolute atomic E-state index is 0.100. The van der Waals surface area contributed by atoms with Crippen LogP contribution in [-0.2, 0) is 0 Å². The van der Waals surface area contributed by atoms with E-state index in [1.54, 1.807) is 11.6 Å². The lowest BCUT2D eigenvalue weighted by Gasteiger charge is -2.22. The number of hydrogen-bond acceptors (Lipinski definition) is 2. The quantitative estimate of drug-likeness (QED) is 0.873. The summed E-state index contributed by atoms with van der Waals surface area (Å²) in [5.41, 5.74) is 2.16. The second-order valence-corrected chi connectivity index (χ2v) is 6.11. The molecule has 1 aliphatic heterocycles. The maximum atomic E-state index is 14.0. The molecular formula is C17H20F3N3. The molecule has 1 aliphatic rings. The fraction of sp³-hybridized carbons (Fsp3) is 0.471. The molecule has 124 valence electrons. The van der Waals surface area contributed by atoms with E-state index in [9.17, 15) is 13.2 Å². The van der Waals surface area contributed by atoms with Crippen LogP contribution in [0.4, 0.5) is 13.2 Å². The van der Waals surface area contributed by atoms with Crippen molar-refractivity contribution >= 4 is 0 Å². The van der Waals surface area contributed by atoms with Crippen LogP contribution in [0.2, 0.25) is 0 Å². The number of nitrogens with zero attached hydrogens (tertiary/aromatic N) is 2. The number of hydrogen-bond donors (Lipinski definition) is 1. The number of piperidine rings is 1. The molecule has 1 aromatic heterocycles. The van der Waals surface area contributed by atoms with Gasteiger partial charge in [0, 0.05) is 11.8 Å². The van der Waals surface area contributed by atoms with E-state index in [-0.39, 0.29) is 5.56 Å². The number of nitrogens with one attached hydrogen (secondary N) is 1. The molecule has 2 heterocycles. The molecule has 0 bridgehead atoms. The summed E-state index contributed by atoms with van der Waals surface area (Å²) in [6.07, 6.45) is 4.00. The van der Waals surface area contributed by atoms with Crippen LogP contribution in [0.5, 0.6) is 0 Å². The monoisotopic (exact) mass is 323 g/mol. The van der Waals surface area contributed by atoms with Gasteiger partial charge in [-0.3, -0.25) is 4.68 Å². The second-order valence-electron chi connectivity index (χ2n) is 6.11. The smallest absolute Gasteiger partial charge is 0.194 e. The summed E-state index contributed by atoms with van der Waals surface area (Å²) in [5, 5.41) is 7.79. The Labute approximate surface area is 133 Å². The first-order valence-electron chi connectivity index (χ1n) is 7.88. The summed E-state index contributed by atoms with van der Waals surface area (Å²) in [6, 6.07) is 1.73. The fourth-order valence-corrected chi connectivity index (χ4v) is 3.23. The van der Waals surface area contributed by atoms with Gasteiger partial charge in [-0.2, -0.15) is 5.10 Å². The molecule has 0 spiro atoms. The summed E-state index contributed by atoms with van der Waals surface area (Å²) < 4.78 is 42.2. The van der Waals surface area contributed by atoms with Crippen LogP contribution in [0, 0.1) is 24.4 Å². The molecule has 2 aromatic rings. The number of halogens is 3. The highest BCUT2D eigenvalue weighted by molar-refractivity contribution is 5.26. The molecular weight excluding hydrogens is 303 g/mol. The molecule has 0 unspecified atom stereocenters. The molecule has 6 heteroatoms. The lowest BCUT2D eigenvalue weighted by atomic mass is 9.91.